The number of carbonyl (C=O) groups is 1. The highest BCUT2D eigenvalue weighted by Gasteiger charge is 2.20. The Labute approximate surface area is 195 Å². The van der Waals surface area contributed by atoms with Crippen molar-refractivity contribution in [2.45, 2.75) is 40.3 Å². The van der Waals surface area contributed by atoms with Gasteiger partial charge in [-0.05, 0) is 56.0 Å². The van der Waals surface area contributed by atoms with Gasteiger partial charge in [-0.1, -0.05) is 42.5 Å². The normalized spacial score (nSPS) is 13.5. The molecule has 0 saturated heterocycles. The maximum Gasteiger partial charge on any atom is 0.242 e. The number of benzene rings is 2. The lowest BCUT2D eigenvalue weighted by Gasteiger charge is -2.29. The zero-order valence-electron chi connectivity index (χ0n) is 19.6. The summed E-state index contributed by atoms with van der Waals surface area (Å²) in [5.74, 6) is 0.713. The third-order valence-electron chi connectivity index (χ3n) is 5.87. The van der Waals surface area contributed by atoms with E-state index in [1.165, 1.54) is 11.1 Å². The number of aryl methyl sites for hydroxylation is 2. The van der Waals surface area contributed by atoms with E-state index in [1.807, 2.05) is 41.6 Å². The van der Waals surface area contributed by atoms with Crippen molar-refractivity contribution in [2.24, 2.45) is 4.99 Å². The third-order valence-corrected chi connectivity index (χ3v) is 5.87. The van der Waals surface area contributed by atoms with Crippen LogP contribution < -0.4 is 10.6 Å². The molecule has 1 aromatic heterocycles. The molecule has 2 aromatic carbocycles. The molecule has 7 heteroatoms. The molecule has 2 heterocycles. The molecule has 7 nitrogen and oxygen atoms in total. The lowest BCUT2D eigenvalue weighted by atomic mass is 10.00. The van der Waals surface area contributed by atoms with E-state index >= 15 is 0 Å². The molecule has 2 N–H and O–H groups in total. The van der Waals surface area contributed by atoms with E-state index in [0.29, 0.717) is 19.0 Å². The van der Waals surface area contributed by atoms with Crippen LogP contribution in [0.3, 0.4) is 0 Å². The fourth-order valence-electron chi connectivity index (χ4n) is 4.21. The van der Waals surface area contributed by atoms with Gasteiger partial charge in [-0.3, -0.25) is 4.79 Å². The average Bonchev–Trinajstić information content (AvgIpc) is 3.18. The van der Waals surface area contributed by atoms with Crippen LogP contribution >= 0.6 is 0 Å². The maximum atomic E-state index is 12.8. The Balaban J connectivity index is 1.42. The highest BCUT2D eigenvalue weighted by molar-refractivity contribution is 5.86. The van der Waals surface area contributed by atoms with Crippen molar-refractivity contribution in [1.29, 1.82) is 0 Å². The number of rotatable bonds is 6. The second-order valence-corrected chi connectivity index (χ2v) is 8.35. The van der Waals surface area contributed by atoms with Gasteiger partial charge in [0.05, 0.1) is 24.5 Å². The molecule has 0 bridgehead atoms. The SMILES string of the molecule is CCNC(=NCc1ccccc1-n1nc(C)cc1C)NCC(=O)N1CCc2ccccc2C1. The third kappa shape index (κ3) is 5.42. The van der Waals surface area contributed by atoms with Crippen LogP contribution in [0.15, 0.2) is 59.6 Å². The first-order chi connectivity index (χ1) is 16.0. The number of fused-ring (bicyclic) bond motifs is 1. The molecule has 0 unspecified atom stereocenters. The maximum absolute atomic E-state index is 12.8. The Morgan fingerprint density at radius 3 is 2.58 bits per heavy atom. The number of hydrogen-bond acceptors (Lipinski definition) is 3. The topological polar surface area (TPSA) is 74.5 Å². The summed E-state index contributed by atoms with van der Waals surface area (Å²) in [4.78, 5) is 19.5. The van der Waals surface area contributed by atoms with Crippen molar-refractivity contribution in [3.05, 3.63) is 82.7 Å². The fourth-order valence-corrected chi connectivity index (χ4v) is 4.21. The van der Waals surface area contributed by atoms with Crippen LogP contribution in [0.4, 0.5) is 0 Å². The number of carbonyl (C=O) groups excluding carboxylic acids is 1. The molecule has 3 aromatic rings. The van der Waals surface area contributed by atoms with Crippen LogP contribution in [0.25, 0.3) is 5.69 Å². The summed E-state index contributed by atoms with van der Waals surface area (Å²) >= 11 is 0. The number of hydrogen-bond donors (Lipinski definition) is 2. The molecule has 0 saturated carbocycles. The van der Waals surface area contributed by atoms with E-state index in [-0.39, 0.29) is 12.5 Å². The van der Waals surface area contributed by atoms with Crippen LogP contribution in [0, 0.1) is 13.8 Å². The van der Waals surface area contributed by atoms with Crippen LogP contribution in [0.1, 0.15) is 35.0 Å². The minimum atomic E-state index is 0.0816. The Morgan fingerprint density at radius 2 is 1.82 bits per heavy atom. The predicted molar refractivity (Wildman–Crippen MR) is 131 cm³/mol. The van der Waals surface area contributed by atoms with E-state index < -0.39 is 0 Å². The molecule has 0 radical (unpaired) electrons. The van der Waals surface area contributed by atoms with Gasteiger partial charge in [-0.2, -0.15) is 5.10 Å². The Hall–Kier alpha value is -3.61. The Morgan fingerprint density at radius 1 is 1.06 bits per heavy atom. The van der Waals surface area contributed by atoms with E-state index in [4.69, 9.17) is 4.99 Å². The second kappa shape index (κ2) is 10.3. The van der Waals surface area contributed by atoms with Gasteiger partial charge in [0.1, 0.15) is 0 Å². The smallest absolute Gasteiger partial charge is 0.242 e. The van der Waals surface area contributed by atoms with Gasteiger partial charge in [0.25, 0.3) is 0 Å². The monoisotopic (exact) mass is 444 g/mol. The van der Waals surface area contributed by atoms with Gasteiger partial charge in [0, 0.05) is 25.3 Å². The van der Waals surface area contributed by atoms with E-state index in [1.54, 1.807) is 0 Å². The summed E-state index contributed by atoms with van der Waals surface area (Å²) in [6.45, 7) is 8.90. The number of nitrogens with one attached hydrogen (secondary N) is 2. The van der Waals surface area contributed by atoms with Crippen molar-refractivity contribution >= 4 is 11.9 Å². The first-order valence-corrected chi connectivity index (χ1v) is 11.5. The molecular formula is C26H32N6O. The van der Waals surface area contributed by atoms with E-state index in [0.717, 1.165) is 42.1 Å². The summed E-state index contributed by atoms with van der Waals surface area (Å²) in [7, 11) is 0. The number of nitrogens with zero attached hydrogens (tertiary/aromatic N) is 4. The summed E-state index contributed by atoms with van der Waals surface area (Å²) in [6, 6.07) is 18.6. The van der Waals surface area contributed by atoms with Crippen LogP contribution in [-0.4, -0.2) is 46.2 Å². The van der Waals surface area contributed by atoms with Gasteiger partial charge in [-0.15, -0.1) is 0 Å². The number of amides is 1. The van der Waals surface area contributed by atoms with Crippen LogP contribution in [-0.2, 0) is 24.3 Å². The van der Waals surface area contributed by atoms with Crippen molar-refractivity contribution in [1.82, 2.24) is 25.3 Å². The lowest BCUT2D eigenvalue weighted by molar-refractivity contribution is -0.130. The molecule has 1 amide bonds. The van der Waals surface area contributed by atoms with Crippen molar-refractivity contribution in [3.8, 4) is 5.69 Å². The molecule has 4 rings (SSSR count). The molecule has 1 aliphatic rings. The predicted octanol–water partition coefficient (Wildman–Crippen LogP) is 3.13. The fraction of sp³-hybridized carbons (Fsp3) is 0.346. The van der Waals surface area contributed by atoms with E-state index in [9.17, 15) is 4.79 Å². The van der Waals surface area contributed by atoms with Crippen molar-refractivity contribution in [3.63, 3.8) is 0 Å². The molecular weight excluding hydrogens is 412 g/mol. The summed E-state index contributed by atoms with van der Waals surface area (Å²) in [5.41, 5.74) is 6.73. The average molecular weight is 445 g/mol. The highest BCUT2D eigenvalue weighted by atomic mass is 16.2. The zero-order valence-corrected chi connectivity index (χ0v) is 19.6. The lowest BCUT2D eigenvalue weighted by Crippen LogP contribution is -2.46. The first kappa shape index (κ1) is 22.6. The number of aromatic nitrogens is 2. The van der Waals surface area contributed by atoms with Crippen molar-refractivity contribution in [2.75, 3.05) is 19.6 Å². The summed E-state index contributed by atoms with van der Waals surface area (Å²) in [6.07, 6.45) is 0.902. The van der Waals surface area contributed by atoms with Crippen molar-refractivity contribution < 1.29 is 4.79 Å². The Kier molecular flexibility index (Phi) is 7.07. The van der Waals surface area contributed by atoms with Gasteiger partial charge in [-0.25, -0.2) is 9.67 Å². The number of aliphatic imine (C=N–C) groups is 1. The molecule has 0 fully saturated rings. The standard InChI is InChI=1S/C26H32N6O/c1-4-27-26(29-17-25(33)31-14-13-21-9-5-6-11-23(21)18-31)28-16-22-10-7-8-12-24(22)32-20(3)15-19(2)30-32/h5-12,15H,4,13-14,16-18H2,1-3H3,(H2,27,28,29). The largest absolute Gasteiger partial charge is 0.357 e. The number of guanidine groups is 1. The minimum Gasteiger partial charge on any atom is -0.357 e. The molecule has 0 spiro atoms. The first-order valence-electron chi connectivity index (χ1n) is 11.5. The van der Waals surface area contributed by atoms with E-state index in [2.05, 4.69) is 59.1 Å². The van der Waals surface area contributed by atoms with Gasteiger partial charge >= 0.3 is 0 Å². The molecule has 0 atom stereocenters. The van der Waals surface area contributed by atoms with Gasteiger partial charge in [0.15, 0.2) is 5.96 Å². The van der Waals surface area contributed by atoms with Crippen LogP contribution in [0.2, 0.25) is 0 Å². The number of para-hydroxylation sites is 1. The summed E-state index contributed by atoms with van der Waals surface area (Å²) in [5, 5.41) is 11.1. The van der Waals surface area contributed by atoms with Gasteiger partial charge in [0.2, 0.25) is 5.91 Å². The second-order valence-electron chi connectivity index (χ2n) is 8.35. The molecule has 172 valence electrons. The quantitative estimate of drug-likeness (QED) is 0.453. The van der Waals surface area contributed by atoms with Crippen LogP contribution in [0.5, 0.6) is 0 Å². The van der Waals surface area contributed by atoms with Gasteiger partial charge < -0.3 is 15.5 Å². The molecule has 0 aliphatic carbocycles. The highest BCUT2D eigenvalue weighted by Crippen LogP contribution is 2.19. The Bertz CT molecular complexity index is 1150. The zero-order chi connectivity index (χ0) is 23.2. The minimum absolute atomic E-state index is 0.0816. The molecule has 33 heavy (non-hydrogen) atoms. The summed E-state index contributed by atoms with van der Waals surface area (Å²) < 4.78 is 1.96. The molecule has 1 aliphatic heterocycles.